The van der Waals surface area contributed by atoms with Crippen molar-refractivity contribution < 1.29 is 62.1 Å². The lowest BCUT2D eigenvalue weighted by atomic mass is 9.82. The summed E-state index contributed by atoms with van der Waals surface area (Å²) in [7, 11) is 0. The number of ether oxygens (including phenoxy) is 3. The van der Waals surface area contributed by atoms with Gasteiger partial charge in [0.05, 0.1) is 73.7 Å². The number of aryl methyl sites for hydroxylation is 2. The molecule has 21 nitrogen and oxygen atoms in total. The van der Waals surface area contributed by atoms with Gasteiger partial charge in [-0.15, -0.1) is 0 Å². The van der Waals surface area contributed by atoms with E-state index in [9.17, 15) is 48.3 Å². The molecule has 3 atom stereocenters. The highest BCUT2D eigenvalue weighted by atomic mass is 19.1. The number of pyridine rings is 2. The zero-order chi connectivity index (χ0) is 55.3. The van der Waals surface area contributed by atoms with Crippen LogP contribution < -0.4 is 37.0 Å². The molecule has 0 unspecified atom stereocenters. The fourth-order valence-corrected chi connectivity index (χ4v) is 10.2. The fourth-order valence-electron chi connectivity index (χ4n) is 10.2. The van der Waals surface area contributed by atoms with E-state index >= 15 is 4.39 Å². The van der Waals surface area contributed by atoms with E-state index in [0.717, 1.165) is 27.0 Å². The van der Waals surface area contributed by atoms with Gasteiger partial charge in [0.25, 0.3) is 17.4 Å². The third-order valence-electron chi connectivity index (χ3n) is 14.4. The summed E-state index contributed by atoms with van der Waals surface area (Å²) in [6.45, 7) is 1.73. The van der Waals surface area contributed by atoms with Gasteiger partial charge in [-0.25, -0.2) is 19.1 Å². The van der Waals surface area contributed by atoms with Crippen molar-refractivity contribution in [3.63, 3.8) is 0 Å². The van der Waals surface area contributed by atoms with E-state index in [4.69, 9.17) is 19.2 Å². The van der Waals surface area contributed by atoms with Gasteiger partial charge in [0.2, 0.25) is 29.5 Å². The summed E-state index contributed by atoms with van der Waals surface area (Å²) < 4.78 is 34.2. The molecule has 3 aliphatic heterocycles. The van der Waals surface area contributed by atoms with Gasteiger partial charge in [-0.05, 0) is 85.0 Å². The number of halogens is 1. The lowest BCUT2D eigenvalue weighted by Gasteiger charge is -2.31. The Morgan fingerprint density at radius 3 is 2.29 bits per heavy atom. The second-order valence-electron chi connectivity index (χ2n) is 19.3. The summed E-state index contributed by atoms with van der Waals surface area (Å²) in [6.07, 6.45) is 4.02. The molecular formula is C56H57FN8O13. The molecule has 0 bridgehead atoms. The molecule has 22 heteroatoms. The van der Waals surface area contributed by atoms with E-state index in [0.29, 0.717) is 65.0 Å². The number of hydrogen-bond donors (Lipinski definition) is 6. The predicted octanol–water partition coefficient (Wildman–Crippen LogP) is 2.15. The standard InChI is InChI=1S/C56H57FN8O13/c1-3-56(75)38-23-42-52-36(28-64(42)54(73)37(38)29-78-55(56)74)51-43(17-16-35-31(2)39(57)24-40(63-52)50(35)51)77-21-20-76-30-61-46(68)26-60-53(72)41(22-33-8-5-4-6-9-33)62-47(69)27-59-45(67)25-58-44(66)11-7-10-32-12-14-34(15-13-32)65-48(70)18-19-49(65)71/h4-6,8-9,12-15,18-19,23-24,41,43,75H,3,7,10-11,16-17,20-22,25-30H2,1-2H3,(H,58,66)(H,59,67)(H,60,72)(H,61,68)(H,62,69)/t41-,43-,56-/m0/s1. The van der Waals surface area contributed by atoms with Gasteiger partial charge in [0, 0.05) is 47.6 Å². The number of nitrogens with one attached hydrogen (secondary N) is 5. The van der Waals surface area contributed by atoms with E-state index < -0.39 is 90.2 Å². The third-order valence-corrected chi connectivity index (χ3v) is 14.4. The molecule has 2 aromatic heterocycles. The molecule has 0 fully saturated rings. The fraction of sp³-hybridized carbons (Fsp3) is 0.357. The van der Waals surface area contributed by atoms with Crippen LogP contribution >= 0.6 is 0 Å². The number of esters is 1. The van der Waals surface area contributed by atoms with Gasteiger partial charge in [-0.3, -0.25) is 38.4 Å². The van der Waals surface area contributed by atoms with Crippen molar-refractivity contribution in [3.8, 4) is 11.4 Å². The van der Waals surface area contributed by atoms with Crippen molar-refractivity contribution in [3.05, 3.63) is 140 Å². The van der Waals surface area contributed by atoms with Crippen LogP contribution in [0.4, 0.5) is 10.1 Å². The smallest absolute Gasteiger partial charge is 0.343 e. The van der Waals surface area contributed by atoms with Crippen LogP contribution in [0.1, 0.15) is 83.2 Å². The number of benzene rings is 3. The monoisotopic (exact) mass is 1070 g/mol. The highest BCUT2D eigenvalue weighted by Gasteiger charge is 2.46. The van der Waals surface area contributed by atoms with Crippen LogP contribution in [0.2, 0.25) is 0 Å². The molecule has 0 radical (unpaired) electrons. The van der Waals surface area contributed by atoms with Gasteiger partial charge >= 0.3 is 5.97 Å². The number of fused-ring (bicyclic) bond motifs is 5. The molecule has 7 amide bonds. The van der Waals surface area contributed by atoms with Crippen molar-refractivity contribution >= 4 is 63.9 Å². The van der Waals surface area contributed by atoms with Crippen LogP contribution in [0.25, 0.3) is 22.3 Å². The number of aliphatic hydroxyl groups is 1. The number of anilines is 1. The van der Waals surface area contributed by atoms with Crippen LogP contribution in [0.15, 0.2) is 83.7 Å². The summed E-state index contributed by atoms with van der Waals surface area (Å²) in [6, 6.07) is 17.5. The summed E-state index contributed by atoms with van der Waals surface area (Å²) in [5.74, 6) is -5.06. The minimum Gasteiger partial charge on any atom is -0.458 e. The largest absolute Gasteiger partial charge is 0.458 e. The maximum Gasteiger partial charge on any atom is 0.343 e. The zero-order valence-corrected chi connectivity index (χ0v) is 42.8. The van der Waals surface area contributed by atoms with Crippen molar-refractivity contribution in [2.45, 2.75) is 89.7 Å². The maximum absolute atomic E-state index is 15.4. The molecule has 78 heavy (non-hydrogen) atoms. The number of cyclic esters (lactones) is 1. The summed E-state index contributed by atoms with van der Waals surface area (Å²) in [5.41, 5.74) is 3.89. The number of nitrogens with zero attached hydrogens (tertiary/aromatic N) is 3. The SMILES string of the molecule is CC[C@@]1(O)C(=O)OCc2c1cc1n(c2=O)Cc2c-1nc1cc(F)c(C)c3c1c2[C@@H](OCCOCNC(=O)CNC(=O)[C@H](Cc1ccccc1)NC(=O)CNC(=O)CNC(=O)CCCc1ccc(N2C(=O)C=CC2=O)cc1)CC3. The molecule has 0 saturated heterocycles. The summed E-state index contributed by atoms with van der Waals surface area (Å²) >= 11 is 0. The number of rotatable bonds is 22. The van der Waals surface area contributed by atoms with Crippen LogP contribution in [0, 0.1) is 12.7 Å². The first kappa shape index (κ1) is 54.3. The lowest BCUT2D eigenvalue weighted by Crippen LogP contribution is -2.52. The van der Waals surface area contributed by atoms with Crippen LogP contribution in [0.5, 0.6) is 0 Å². The molecule has 406 valence electrons. The van der Waals surface area contributed by atoms with Crippen LogP contribution in [0.3, 0.4) is 0 Å². The first-order valence-corrected chi connectivity index (χ1v) is 25.6. The number of amides is 7. The Balaban J connectivity index is 0.720. The molecule has 1 aliphatic carbocycles. The topological polar surface area (TPSA) is 283 Å². The third kappa shape index (κ3) is 11.5. The summed E-state index contributed by atoms with van der Waals surface area (Å²) in [4.78, 5) is 121. The highest BCUT2D eigenvalue weighted by Crippen LogP contribution is 2.47. The molecule has 3 aromatic carbocycles. The summed E-state index contributed by atoms with van der Waals surface area (Å²) in [5, 5.41) is 24.8. The Kier molecular flexibility index (Phi) is 16.3. The molecule has 9 rings (SSSR count). The Labute approximate surface area is 445 Å². The average molecular weight is 1070 g/mol. The van der Waals surface area contributed by atoms with E-state index in [1.165, 1.54) is 22.8 Å². The quantitative estimate of drug-likeness (QED) is 0.0246. The van der Waals surface area contributed by atoms with Gasteiger partial charge in [0.1, 0.15) is 25.2 Å². The molecule has 4 aliphatic rings. The van der Waals surface area contributed by atoms with Gasteiger partial charge in [-0.2, -0.15) is 0 Å². The number of hydrogen-bond acceptors (Lipinski definition) is 14. The normalized spacial score (nSPS) is 17.2. The number of imide groups is 1. The number of carbonyl (C=O) groups is 8. The minimum atomic E-state index is -2.02. The van der Waals surface area contributed by atoms with E-state index in [-0.39, 0.29) is 69.4 Å². The van der Waals surface area contributed by atoms with Crippen molar-refractivity contribution in [2.24, 2.45) is 0 Å². The Bertz CT molecular complexity index is 3330. The molecule has 0 spiro atoms. The maximum atomic E-state index is 15.4. The predicted molar refractivity (Wildman–Crippen MR) is 277 cm³/mol. The van der Waals surface area contributed by atoms with E-state index in [1.54, 1.807) is 74.5 Å². The molecule has 5 aromatic rings. The van der Waals surface area contributed by atoms with Crippen molar-refractivity contribution in [2.75, 3.05) is 44.5 Å². The molecule has 0 saturated carbocycles. The number of carbonyl (C=O) groups excluding carboxylic acids is 8. The Hall–Kier alpha value is -8.47. The zero-order valence-electron chi connectivity index (χ0n) is 42.8. The molecular weight excluding hydrogens is 1010 g/mol. The average Bonchev–Trinajstić information content (AvgIpc) is 4.14. The van der Waals surface area contributed by atoms with Crippen molar-refractivity contribution in [1.82, 2.24) is 36.1 Å². The van der Waals surface area contributed by atoms with Gasteiger partial charge in [0.15, 0.2) is 5.60 Å². The van der Waals surface area contributed by atoms with Crippen molar-refractivity contribution in [1.29, 1.82) is 0 Å². The second-order valence-corrected chi connectivity index (χ2v) is 19.3. The van der Waals surface area contributed by atoms with E-state index in [1.807, 2.05) is 0 Å². The highest BCUT2D eigenvalue weighted by molar-refractivity contribution is 6.28. The van der Waals surface area contributed by atoms with Crippen LogP contribution in [-0.2, 0) is 90.6 Å². The number of aromatic nitrogens is 2. The Morgan fingerprint density at radius 2 is 1.55 bits per heavy atom. The first-order chi connectivity index (χ1) is 37.5. The minimum absolute atomic E-state index is 0.0218. The lowest BCUT2D eigenvalue weighted by molar-refractivity contribution is -0.172. The molecule has 5 heterocycles. The Morgan fingerprint density at radius 1 is 0.846 bits per heavy atom. The van der Waals surface area contributed by atoms with Gasteiger partial charge < -0.3 is 50.5 Å². The second kappa shape index (κ2) is 23.4. The van der Waals surface area contributed by atoms with Crippen LogP contribution in [-0.4, -0.2) is 108 Å². The van der Waals surface area contributed by atoms with E-state index in [2.05, 4.69) is 26.6 Å². The molecule has 6 N–H and O–H groups in total. The first-order valence-electron chi connectivity index (χ1n) is 25.6. The van der Waals surface area contributed by atoms with Gasteiger partial charge in [-0.1, -0.05) is 49.4 Å².